The fourth-order valence-electron chi connectivity index (χ4n) is 4.05. The minimum atomic E-state index is 0.233. The van der Waals surface area contributed by atoms with E-state index in [2.05, 4.69) is 47.6 Å². The van der Waals surface area contributed by atoms with Gasteiger partial charge >= 0.3 is 0 Å². The zero-order valence-corrected chi connectivity index (χ0v) is 15.4. The summed E-state index contributed by atoms with van der Waals surface area (Å²) in [5, 5.41) is 4.06. The first-order chi connectivity index (χ1) is 11.4. The summed E-state index contributed by atoms with van der Waals surface area (Å²) in [7, 11) is 0. The molecule has 0 aliphatic carbocycles. The van der Waals surface area contributed by atoms with Crippen molar-refractivity contribution >= 4 is 5.91 Å². The molecule has 134 valence electrons. The Bertz CT molecular complexity index is 583. The summed E-state index contributed by atoms with van der Waals surface area (Å²) >= 11 is 0. The smallest absolute Gasteiger partial charge is 0.240 e. The summed E-state index contributed by atoms with van der Waals surface area (Å²) in [6.45, 7) is 12.1. The van der Waals surface area contributed by atoms with E-state index in [0.29, 0.717) is 24.1 Å². The molecule has 2 aliphatic rings. The molecule has 0 bridgehead atoms. The Labute approximate surface area is 144 Å². The molecule has 1 atom stereocenters. The van der Waals surface area contributed by atoms with Crippen LogP contribution in [0, 0.1) is 5.41 Å². The first-order valence-corrected chi connectivity index (χ1v) is 9.23. The molecule has 0 N–H and O–H groups in total. The van der Waals surface area contributed by atoms with Gasteiger partial charge in [0, 0.05) is 36.9 Å². The predicted octanol–water partition coefficient (Wildman–Crippen LogP) is 2.81. The number of hydrogen-bond acceptors (Lipinski definition) is 5. The minimum Gasteiger partial charge on any atom is -0.340 e. The van der Waals surface area contributed by atoms with Gasteiger partial charge in [0.1, 0.15) is 0 Å². The van der Waals surface area contributed by atoms with E-state index in [-0.39, 0.29) is 11.5 Å². The van der Waals surface area contributed by atoms with Crippen molar-refractivity contribution in [2.24, 2.45) is 5.41 Å². The molecular weight excluding hydrogens is 304 g/mol. The van der Waals surface area contributed by atoms with Crippen molar-refractivity contribution in [3.8, 4) is 0 Å². The van der Waals surface area contributed by atoms with Gasteiger partial charge in [0.05, 0.1) is 6.54 Å². The third kappa shape index (κ3) is 3.63. The molecule has 0 saturated carbocycles. The van der Waals surface area contributed by atoms with E-state index < -0.39 is 0 Å². The van der Waals surface area contributed by atoms with Crippen molar-refractivity contribution in [2.45, 2.75) is 71.9 Å². The van der Waals surface area contributed by atoms with E-state index in [9.17, 15) is 4.79 Å². The van der Waals surface area contributed by atoms with Crippen molar-refractivity contribution < 1.29 is 9.32 Å². The van der Waals surface area contributed by atoms with Crippen LogP contribution in [0.1, 0.15) is 71.0 Å². The highest BCUT2D eigenvalue weighted by atomic mass is 16.5. The molecule has 6 heteroatoms. The van der Waals surface area contributed by atoms with Crippen LogP contribution in [0.15, 0.2) is 4.52 Å². The van der Waals surface area contributed by atoms with Gasteiger partial charge in [-0.05, 0) is 39.7 Å². The number of hydrogen-bond donors (Lipinski definition) is 0. The number of likely N-dealkylation sites (tertiary alicyclic amines) is 2. The summed E-state index contributed by atoms with van der Waals surface area (Å²) in [5.74, 6) is 2.10. The number of aromatic nitrogens is 2. The highest BCUT2D eigenvalue weighted by molar-refractivity contribution is 5.77. The Morgan fingerprint density at radius 1 is 1.21 bits per heavy atom. The molecule has 0 radical (unpaired) electrons. The Hall–Kier alpha value is -1.43. The lowest BCUT2D eigenvalue weighted by molar-refractivity contribution is -0.141. The van der Waals surface area contributed by atoms with Gasteiger partial charge < -0.3 is 9.42 Å². The molecule has 2 fully saturated rings. The third-order valence-corrected chi connectivity index (χ3v) is 5.42. The topological polar surface area (TPSA) is 62.5 Å². The second-order valence-corrected chi connectivity index (χ2v) is 8.13. The molecule has 2 aliphatic heterocycles. The van der Waals surface area contributed by atoms with Gasteiger partial charge in [0.2, 0.25) is 11.8 Å². The predicted molar refractivity (Wildman–Crippen MR) is 91.4 cm³/mol. The molecule has 1 unspecified atom stereocenters. The quantitative estimate of drug-likeness (QED) is 0.847. The van der Waals surface area contributed by atoms with Crippen LogP contribution < -0.4 is 0 Å². The molecule has 24 heavy (non-hydrogen) atoms. The van der Waals surface area contributed by atoms with Crippen LogP contribution in [0.4, 0.5) is 0 Å². The number of rotatable bonds is 4. The Morgan fingerprint density at radius 3 is 2.67 bits per heavy atom. The fourth-order valence-corrected chi connectivity index (χ4v) is 4.05. The van der Waals surface area contributed by atoms with Crippen LogP contribution in [0.2, 0.25) is 0 Å². The molecule has 3 heterocycles. The summed E-state index contributed by atoms with van der Waals surface area (Å²) in [6, 6.07) is 0.287. The third-order valence-electron chi connectivity index (χ3n) is 5.42. The zero-order valence-electron chi connectivity index (χ0n) is 15.4. The number of amides is 1. The van der Waals surface area contributed by atoms with E-state index in [1.807, 2.05) is 0 Å². The average Bonchev–Trinajstić information content (AvgIpc) is 2.99. The van der Waals surface area contributed by atoms with Gasteiger partial charge in [-0.2, -0.15) is 4.98 Å². The standard InChI is InChI=1S/C18H30N4O2/c1-13(2)17-19-15(24-20-17)10-21-9-5-7-18(11-21)8-6-16(23)22(12-18)14(3)4/h13-14H,5-12H2,1-4H3. The monoisotopic (exact) mass is 334 g/mol. The lowest BCUT2D eigenvalue weighted by Gasteiger charge is -2.49. The maximum atomic E-state index is 12.2. The highest BCUT2D eigenvalue weighted by Crippen LogP contribution is 2.39. The lowest BCUT2D eigenvalue weighted by atomic mass is 9.73. The van der Waals surface area contributed by atoms with Crippen molar-refractivity contribution in [1.29, 1.82) is 0 Å². The maximum Gasteiger partial charge on any atom is 0.240 e. The molecular formula is C18H30N4O2. The Balaban J connectivity index is 1.66. The van der Waals surface area contributed by atoms with E-state index in [1.54, 1.807) is 0 Å². The lowest BCUT2D eigenvalue weighted by Crippen LogP contribution is -2.55. The van der Waals surface area contributed by atoms with E-state index in [0.717, 1.165) is 38.4 Å². The van der Waals surface area contributed by atoms with Crippen LogP contribution in [-0.4, -0.2) is 51.5 Å². The van der Waals surface area contributed by atoms with Gasteiger partial charge in [0.15, 0.2) is 5.82 Å². The van der Waals surface area contributed by atoms with E-state index >= 15 is 0 Å². The first kappa shape index (κ1) is 17.4. The minimum absolute atomic E-state index is 0.233. The average molecular weight is 334 g/mol. The normalized spacial score (nSPS) is 26.1. The zero-order chi connectivity index (χ0) is 17.3. The van der Waals surface area contributed by atoms with Crippen molar-refractivity contribution in [3.05, 3.63) is 11.7 Å². The van der Waals surface area contributed by atoms with Gasteiger partial charge in [-0.25, -0.2) is 0 Å². The Kier molecular flexibility index (Phi) is 4.95. The number of piperidine rings is 2. The van der Waals surface area contributed by atoms with Crippen molar-refractivity contribution in [1.82, 2.24) is 19.9 Å². The molecule has 2 saturated heterocycles. The van der Waals surface area contributed by atoms with Crippen molar-refractivity contribution in [3.63, 3.8) is 0 Å². The van der Waals surface area contributed by atoms with Crippen molar-refractivity contribution in [2.75, 3.05) is 19.6 Å². The highest BCUT2D eigenvalue weighted by Gasteiger charge is 2.42. The largest absolute Gasteiger partial charge is 0.340 e. The molecule has 1 aromatic rings. The van der Waals surface area contributed by atoms with E-state index in [4.69, 9.17) is 4.52 Å². The van der Waals surface area contributed by atoms with Crippen LogP contribution >= 0.6 is 0 Å². The molecule has 1 aromatic heterocycles. The van der Waals surface area contributed by atoms with Crippen LogP contribution in [-0.2, 0) is 11.3 Å². The summed E-state index contributed by atoms with van der Waals surface area (Å²) in [5.41, 5.74) is 0.233. The Morgan fingerprint density at radius 2 is 2.00 bits per heavy atom. The number of carbonyl (C=O) groups excluding carboxylic acids is 1. The summed E-state index contributed by atoms with van der Waals surface area (Å²) in [6.07, 6.45) is 4.07. The van der Waals surface area contributed by atoms with Gasteiger partial charge in [-0.3, -0.25) is 9.69 Å². The number of nitrogens with zero attached hydrogens (tertiary/aromatic N) is 4. The fraction of sp³-hybridized carbons (Fsp3) is 0.833. The van der Waals surface area contributed by atoms with Crippen LogP contribution in [0.5, 0.6) is 0 Å². The summed E-state index contributed by atoms with van der Waals surface area (Å²) in [4.78, 5) is 21.2. The summed E-state index contributed by atoms with van der Waals surface area (Å²) < 4.78 is 5.41. The first-order valence-electron chi connectivity index (χ1n) is 9.23. The van der Waals surface area contributed by atoms with E-state index in [1.165, 1.54) is 12.8 Å². The second-order valence-electron chi connectivity index (χ2n) is 8.13. The van der Waals surface area contributed by atoms with Crippen LogP contribution in [0.25, 0.3) is 0 Å². The van der Waals surface area contributed by atoms with Gasteiger partial charge in [0.25, 0.3) is 0 Å². The number of carbonyl (C=O) groups is 1. The van der Waals surface area contributed by atoms with Gasteiger partial charge in [-0.1, -0.05) is 19.0 Å². The second kappa shape index (κ2) is 6.82. The SMILES string of the molecule is CC(C)c1noc(CN2CCCC3(CCC(=O)N(C(C)C)C3)C2)n1. The maximum absolute atomic E-state index is 12.2. The molecule has 6 nitrogen and oxygen atoms in total. The molecule has 0 aromatic carbocycles. The molecule has 1 spiro atoms. The van der Waals surface area contributed by atoms with Crippen LogP contribution in [0.3, 0.4) is 0 Å². The molecule has 3 rings (SSSR count). The molecule has 1 amide bonds. The van der Waals surface area contributed by atoms with Gasteiger partial charge in [-0.15, -0.1) is 0 Å².